The maximum Gasteiger partial charge on any atom is 0.371 e. The minimum atomic E-state index is -0.432. The molecule has 0 spiro atoms. The Kier molecular flexibility index (Phi) is 2.21. The zero-order chi connectivity index (χ0) is 8.43. The topological polar surface area (TPSA) is 66.1 Å². The molecule has 0 amide bonds. The van der Waals surface area contributed by atoms with Gasteiger partial charge in [-0.15, -0.1) is 0 Å². The molecule has 0 aliphatic carbocycles. The van der Waals surface area contributed by atoms with E-state index < -0.39 is 4.92 Å². The minimum absolute atomic E-state index is 0.0828. The van der Waals surface area contributed by atoms with E-state index in [2.05, 4.69) is 9.97 Å². The van der Waals surface area contributed by atoms with Gasteiger partial charge in [0.2, 0.25) is 10.4 Å². The molecule has 0 atom stereocenters. The molecule has 0 saturated heterocycles. The summed E-state index contributed by atoms with van der Waals surface area (Å²) in [6.45, 7) is 0. The lowest BCUT2D eigenvalue weighted by molar-refractivity contribution is -0.730. The normalized spacial score (nSPS) is 9.64. The van der Waals surface area contributed by atoms with Gasteiger partial charge in [-0.25, -0.2) is 10.2 Å². The van der Waals surface area contributed by atoms with Crippen molar-refractivity contribution in [1.29, 1.82) is 0 Å². The quantitative estimate of drug-likeness (QED) is 0.419. The molecule has 0 unspecified atom stereocenters. The molecule has 0 aliphatic heterocycles. The van der Waals surface area contributed by atoms with Crippen LogP contribution in [0.1, 0.15) is 0 Å². The summed E-state index contributed by atoms with van der Waals surface area (Å²) < 4.78 is 0. The first-order chi connectivity index (χ1) is 5.11. The van der Waals surface area contributed by atoms with Gasteiger partial charge in [0, 0.05) is 0 Å². The van der Waals surface area contributed by atoms with Gasteiger partial charge >= 0.3 is 5.69 Å². The third-order valence-corrected chi connectivity index (χ3v) is 1.36. The summed E-state index contributed by atoms with van der Waals surface area (Å²) in [6.07, 6.45) is 1.02. The second-order valence-electron chi connectivity index (χ2n) is 1.59. The molecule has 1 N–H and O–H groups in total. The van der Waals surface area contributed by atoms with Crippen LogP contribution in [0.25, 0.3) is 0 Å². The van der Waals surface area contributed by atoms with Crippen LogP contribution in [0.2, 0.25) is 10.4 Å². The molecule has 1 aromatic heterocycles. The molecule has 0 bridgehead atoms. The first-order valence-corrected chi connectivity index (χ1v) is 3.21. The summed E-state index contributed by atoms with van der Waals surface area (Å²) in [5.41, 5.74) is -0.240. The highest BCUT2D eigenvalue weighted by atomic mass is 35.5. The van der Waals surface area contributed by atoms with Gasteiger partial charge in [0.15, 0.2) is 0 Å². The van der Waals surface area contributed by atoms with Crippen molar-refractivity contribution in [3.05, 3.63) is 21.5 Å². The van der Waals surface area contributed by atoms with Crippen LogP contribution in [0.3, 0.4) is 0 Å². The fraction of sp³-hybridized carbons (Fsp3) is 0. The Morgan fingerprint density at radius 3 is 2.64 bits per heavy atom. The van der Waals surface area contributed by atoms with Crippen LogP contribution in [0.5, 0.6) is 0 Å². The van der Waals surface area contributed by atoms with E-state index in [9.17, 15) is 4.91 Å². The third kappa shape index (κ3) is 1.75. The molecule has 58 valence electrons. The summed E-state index contributed by atoms with van der Waals surface area (Å²) in [5, 5.41) is 8.09. The maximum atomic E-state index is 10.2. The van der Waals surface area contributed by atoms with E-state index >= 15 is 0 Å². The predicted octanol–water partition coefficient (Wildman–Crippen LogP) is 1.58. The smallest absolute Gasteiger partial charge is 0.241 e. The molecule has 0 aromatic carbocycles. The summed E-state index contributed by atoms with van der Waals surface area (Å²) in [5.74, 6) is 0. The molecule has 0 saturated carbocycles. The molecule has 1 aromatic rings. The highest BCUT2D eigenvalue weighted by molar-refractivity contribution is 6.33. The fourth-order valence-electron chi connectivity index (χ4n) is 0.463. The predicted molar refractivity (Wildman–Crippen MR) is 37.1 cm³/mol. The van der Waals surface area contributed by atoms with E-state index in [0.29, 0.717) is 0 Å². The monoisotopic (exact) mass is 194 g/mol. The van der Waals surface area contributed by atoms with E-state index in [1.54, 1.807) is 0 Å². The van der Waals surface area contributed by atoms with Crippen LogP contribution >= 0.6 is 23.2 Å². The van der Waals surface area contributed by atoms with Crippen LogP contribution in [0.4, 0.5) is 5.69 Å². The van der Waals surface area contributed by atoms with Gasteiger partial charge in [-0.05, 0) is 11.6 Å². The molecule has 5 nitrogen and oxygen atoms in total. The number of hydrogen-bond donors (Lipinski definition) is 1. The van der Waals surface area contributed by atoms with Gasteiger partial charge < -0.3 is 0 Å². The SMILES string of the molecule is O=[N+](O)c1cnc(Cl)nc1Cl. The lowest BCUT2D eigenvalue weighted by atomic mass is 10.6. The van der Waals surface area contributed by atoms with E-state index in [1.165, 1.54) is 0 Å². The van der Waals surface area contributed by atoms with Crippen molar-refractivity contribution in [2.24, 2.45) is 0 Å². The zero-order valence-corrected chi connectivity index (χ0v) is 6.54. The molecule has 7 heteroatoms. The Balaban J connectivity index is 3.20. The van der Waals surface area contributed by atoms with E-state index in [1.807, 2.05) is 0 Å². The molecular formula is C4H2Cl2N3O2+. The average Bonchev–Trinajstić information content (AvgIpc) is 1.85. The number of rotatable bonds is 1. The first-order valence-electron chi connectivity index (χ1n) is 2.45. The largest absolute Gasteiger partial charge is 0.371 e. The second-order valence-corrected chi connectivity index (χ2v) is 2.28. The Morgan fingerprint density at radius 2 is 2.18 bits per heavy atom. The zero-order valence-electron chi connectivity index (χ0n) is 5.03. The van der Waals surface area contributed by atoms with Crippen molar-refractivity contribution in [3.63, 3.8) is 0 Å². The average molecular weight is 195 g/mol. The fourth-order valence-corrected chi connectivity index (χ4v) is 0.841. The van der Waals surface area contributed by atoms with Crippen molar-refractivity contribution in [1.82, 2.24) is 9.97 Å². The lowest BCUT2D eigenvalue weighted by Gasteiger charge is -1.88. The van der Waals surface area contributed by atoms with Crippen molar-refractivity contribution >= 4 is 28.9 Å². The van der Waals surface area contributed by atoms with Gasteiger partial charge in [-0.1, -0.05) is 11.6 Å². The van der Waals surface area contributed by atoms with Crippen molar-refractivity contribution in [3.8, 4) is 0 Å². The van der Waals surface area contributed by atoms with Crippen LogP contribution in [0.15, 0.2) is 6.20 Å². The number of aromatic nitrogens is 2. The molecule has 1 heterocycles. The van der Waals surface area contributed by atoms with Gasteiger partial charge in [0.1, 0.15) is 6.20 Å². The van der Waals surface area contributed by atoms with Gasteiger partial charge in [-0.3, -0.25) is 0 Å². The molecule has 11 heavy (non-hydrogen) atoms. The lowest BCUT2D eigenvalue weighted by Crippen LogP contribution is -1.95. The van der Waals surface area contributed by atoms with E-state index in [4.69, 9.17) is 28.4 Å². The number of halogens is 2. The number of hydrogen-bond acceptors (Lipinski definition) is 3. The number of nitrogens with zero attached hydrogens (tertiary/aromatic N) is 3. The summed E-state index contributed by atoms with van der Waals surface area (Å²) in [7, 11) is 0. The summed E-state index contributed by atoms with van der Waals surface area (Å²) >= 11 is 10.7. The molecular weight excluding hydrogens is 193 g/mol. The minimum Gasteiger partial charge on any atom is -0.241 e. The van der Waals surface area contributed by atoms with Gasteiger partial charge in [-0.2, -0.15) is 4.98 Å². The molecule has 0 fully saturated rings. The molecule has 1 rings (SSSR count). The molecule has 0 radical (unpaired) electrons. The van der Waals surface area contributed by atoms with Crippen LogP contribution < -0.4 is 0 Å². The van der Waals surface area contributed by atoms with E-state index in [0.717, 1.165) is 6.20 Å². The summed E-state index contributed by atoms with van der Waals surface area (Å²) in [4.78, 5) is 16.7. The maximum absolute atomic E-state index is 10.2. The molecule has 0 aliphatic rings. The van der Waals surface area contributed by atoms with Crippen LogP contribution in [-0.4, -0.2) is 20.1 Å². The van der Waals surface area contributed by atoms with Gasteiger partial charge in [0.25, 0.3) is 4.92 Å². The van der Waals surface area contributed by atoms with Crippen molar-refractivity contribution in [2.75, 3.05) is 0 Å². The van der Waals surface area contributed by atoms with E-state index in [-0.39, 0.29) is 16.1 Å². The van der Waals surface area contributed by atoms with Crippen molar-refractivity contribution < 1.29 is 10.1 Å². The van der Waals surface area contributed by atoms with Crippen molar-refractivity contribution in [2.45, 2.75) is 0 Å². The Labute approximate surface area is 71.1 Å². The Bertz CT molecular complexity index is 303. The third-order valence-electron chi connectivity index (χ3n) is 0.901. The first kappa shape index (κ1) is 8.16. The van der Waals surface area contributed by atoms with Gasteiger partial charge in [0.05, 0.1) is 4.91 Å². The Morgan fingerprint density at radius 1 is 1.55 bits per heavy atom. The van der Waals surface area contributed by atoms with Crippen LogP contribution in [0, 0.1) is 4.91 Å². The summed E-state index contributed by atoms with van der Waals surface area (Å²) in [6, 6.07) is 0. The Hall–Kier alpha value is -0.940. The van der Waals surface area contributed by atoms with Crippen LogP contribution in [-0.2, 0) is 0 Å². The highest BCUT2D eigenvalue weighted by Crippen LogP contribution is 2.20. The second kappa shape index (κ2) is 2.98. The standard InChI is InChI=1S/C4H2Cl2N3O2/c5-3-2(9(10)11)1-7-4(6)8-3/h1H,(H,10,11)/q+1. The highest BCUT2D eigenvalue weighted by Gasteiger charge is 2.19.